The fraction of sp³-hybridized carbons (Fsp3) is 0.294. The second-order valence-corrected chi connectivity index (χ2v) is 5.19. The molecule has 0 spiro atoms. The zero-order valence-electron chi connectivity index (χ0n) is 9.92. The molecule has 83 valence electrons. The molecule has 0 atom stereocenters. The lowest BCUT2D eigenvalue weighted by molar-refractivity contribution is 0.686. The summed E-state index contributed by atoms with van der Waals surface area (Å²) in [5.74, 6) is 0. The van der Waals surface area contributed by atoms with Crippen LogP contribution in [0.15, 0.2) is 30.3 Å². The highest BCUT2D eigenvalue weighted by Crippen LogP contribution is 2.41. The molecule has 0 N–H and O–H groups in total. The lowest BCUT2D eigenvalue weighted by atomic mass is 9.85. The predicted molar refractivity (Wildman–Crippen MR) is 70.2 cm³/mol. The van der Waals surface area contributed by atoms with Gasteiger partial charge in [0.1, 0.15) is 0 Å². The van der Waals surface area contributed by atoms with Crippen molar-refractivity contribution >= 4 is 0 Å². The molecule has 0 heteroatoms. The maximum Gasteiger partial charge on any atom is -0.000718 e. The second-order valence-electron chi connectivity index (χ2n) is 5.19. The molecule has 0 saturated carbocycles. The van der Waals surface area contributed by atoms with Gasteiger partial charge in [-0.15, -0.1) is 0 Å². The maximum atomic E-state index is 3.52. The molecule has 1 radical (unpaired) electrons. The van der Waals surface area contributed by atoms with Crippen LogP contribution in [0, 0.1) is 6.07 Å². The molecule has 0 aliphatic heterocycles. The van der Waals surface area contributed by atoms with Crippen molar-refractivity contribution in [3.63, 3.8) is 0 Å². The SMILES string of the molecule is [c]1cc2c(c3c1Cc1ccccc1-3)CCCC2. The minimum atomic E-state index is 1.08. The van der Waals surface area contributed by atoms with Gasteiger partial charge < -0.3 is 0 Å². The molecule has 0 amide bonds. The van der Waals surface area contributed by atoms with E-state index in [-0.39, 0.29) is 0 Å². The Morgan fingerprint density at radius 3 is 2.82 bits per heavy atom. The molecule has 4 rings (SSSR count). The third-order valence-electron chi connectivity index (χ3n) is 4.19. The Balaban J connectivity index is 2.01. The van der Waals surface area contributed by atoms with Gasteiger partial charge in [-0.05, 0) is 71.6 Å². The van der Waals surface area contributed by atoms with E-state index in [1.54, 1.807) is 11.1 Å². The molecule has 17 heavy (non-hydrogen) atoms. The van der Waals surface area contributed by atoms with Crippen LogP contribution in [0.25, 0.3) is 11.1 Å². The average Bonchev–Trinajstić information content (AvgIpc) is 2.77. The third kappa shape index (κ3) is 1.30. The van der Waals surface area contributed by atoms with Gasteiger partial charge in [-0.3, -0.25) is 0 Å². The van der Waals surface area contributed by atoms with E-state index in [0.29, 0.717) is 0 Å². The van der Waals surface area contributed by atoms with Crippen LogP contribution in [0.3, 0.4) is 0 Å². The summed E-state index contributed by atoms with van der Waals surface area (Å²) in [6.45, 7) is 0. The van der Waals surface area contributed by atoms with Gasteiger partial charge >= 0.3 is 0 Å². The Bertz CT molecular complexity index is 593. The first-order valence-corrected chi connectivity index (χ1v) is 6.57. The van der Waals surface area contributed by atoms with E-state index in [9.17, 15) is 0 Å². The highest BCUT2D eigenvalue weighted by Gasteiger charge is 2.24. The topological polar surface area (TPSA) is 0 Å². The first-order chi connectivity index (χ1) is 8.43. The van der Waals surface area contributed by atoms with E-state index >= 15 is 0 Å². The van der Waals surface area contributed by atoms with E-state index in [4.69, 9.17) is 0 Å². The predicted octanol–water partition coefficient (Wildman–Crippen LogP) is 3.94. The highest BCUT2D eigenvalue weighted by atomic mass is 14.3. The Hall–Kier alpha value is -1.56. The minimum absolute atomic E-state index is 1.08. The van der Waals surface area contributed by atoms with Crippen LogP contribution in [0.1, 0.15) is 35.1 Å². The van der Waals surface area contributed by atoms with Gasteiger partial charge in [0.15, 0.2) is 0 Å². The molecule has 0 heterocycles. The fourth-order valence-electron chi connectivity index (χ4n) is 3.38. The fourth-order valence-corrected chi connectivity index (χ4v) is 3.38. The van der Waals surface area contributed by atoms with Crippen molar-refractivity contribution in [2.45, 2.75) is 32.1 Å². The standard InChI is InChI=1S/C17H15/c1-3-7-15-12(5-1)9-10-14-11-13-6-2-4-8-16(13)17(14)15/h2,4,6,8-9H,1,3,5,7,11H2. The summed E-state index contributed by atoms with van der Waals surface area (Å²) < 4.78 is 0. The molecule has 2 aromatic carbocycles. The van der Waals surface area contributed by atoms with Crippen LogP contribution in [0.5, 0.6) is 0 Å². The quantitative estimate of drug-likeness (QED) is 0.537. The molecule has 0 aromatic heterocycles. The van der Waals surface area contributed by atoms with Crippen molar-refractivity contribution in [3.05, 3.63) is 58.7 Å². The number of fused-ring (bicyclic) bond motifs is 5. The number of hydrogen-bond donors (Lipinski definition) is 0. The molecular formula is C17H15. The van der Waals surface area contributed by atoms with Crippen molar-refractivity contribution in [2.75, 3.05) is 0 Å². The van der Waals surface area contributed by atoms with Gasteiger partial charge in [0.2, 0.25) is 0 Å². The number of benzene rings is 2. The molecule has 0 saturated heterocycles. The summed E-state index contributed by atoms with van der Waals surface area (Å²) >= 11 is 0. The first kappa shape index (κ1) is 9.47. The van der Waals surface area contributed by atoms with Gasteiger partial charge in [0, 0.05) is 0 Å². The van der Waals surface area contributed by atoms with Gasteiger partial charge in [-0.25, -0.2) is 0 Å². The molecule has 2 aromatic rings. The van der Waals surface area contributed by atoms with Crippen LogP contribution in [0.4, 0.5) is 0 Å². The Kier molecular flexibility index (Phi) is 1.93. The molecule has 0 bridgehead atoms. The summed E-state index contributed by atoms with van der Waals surface area (Å²) in [6.07, 6.45) is 6.30. The number of rotatable bonds is 0. The second kappa shape index (κ2) is 3.46. The average molecular weight is 219 g/mol. The molecule has 2 aliphatic carbocycles. The molecule has 0 unspecified atom stereocenters. The largest absolute Gasteiger partial charge is 0.0619 e. The Morgan fingerprint density at radius 2 is 1.82 bits per heavy atom. The lowest BCUT2D eigenvalue weighted by Gasteiger charge is -2.19. The van der Waals surface area contributed by atoms with E-state index in [1.807, 2.05) is 0 Å². The summed E-state index contributed by atoms with van der Waals surface area (Å²) in [5.41, 5.74) is 9.07. The summed E-state index contributed by atoms with van der Waals surface area (Å²) in [6, 6.07) is 14.6. The van der Waals surface area contributed by atoms with Gasteiger partial charge in [-0.2, -0.15) is 0 Å². The normalized spacial score (nSPS) is 16.2. The smallest absolute Gasteiger partial charge is 0.000718 e. The van der Waals surface area contributed by atoms with Gasteiger partial charge in [0.05, 0.1) is 0 Å². The first-order valence-electron chi connectivity index (χ1n) is 6.57. The van der Waals surface area contributed by atoms with Crippen LogP contribution >= 0.6 is 0 Å². The number of aryl methyl sites for hydroxylation is 1. The summed E-state index contributed by atoms with van der Waals surface area (Å²) in [7, 11) is 0. The van der Waals surface area contributed by atoms with Crippen LogP contribution in [-0.2, 0) is 19.3 Å². The monoisotopic (exact) mass is 219 g/mol. The van der Waals surface area contributed by atoms with E-state index in [0.717, 1.165) is 6.42 Å². The molecule has 0 fully saturated rings. The zero-order chi connectivity index (χ0) is 11.2. The Labute approximate surface area is 102 Å². The van der Waals surface area contributed by atoms with Gasteiger partial charge in [-0.1, -0.05) is 30.3 Å². The van der Waals surface area contributed by atoms with Gasteiger partial charge in [0.25, 0.3) is 0 Å². The van der Waals surface area contributed by atoms with E-state index in [1.165, 1.54) is 47.9 Å². The molecule has 2 aliphatic rings. The lowest BCUT2D eigenvalue weighted by Crippen LogP contribution is -2.04. The van der Waals surface area contributed by atoms with Crippen molar-refractivity contribution < 1.29 is 0 Å². The zero-order valence-corrected chi connectivity index (χ0v) is 9.92. The van der Waals surface area contributed by atoms with Crippen molar-refractivity contribution in [1.82, 2.24) is 0 Å². The maximum absolute atomic E-state index is 3.52. The van der Waals surface area contributed by atoms with Crippen LogP contribution < -0.4 is 0 Å². The van der Waals surface area contributed by atoms with E-state index in [2.05, 4.69) is 36.4 Å². The van der Waals surface area contributed by atoms with Crippen LogP contribution in [0.2, 0.25) is 0 Å². The summed E-state index contributed by atoms with van der Waals surface area (Å²) in [5, 5.41) is 0. The minimum Gasteiger partial charge on any atom is -0.0619 e. The van der Waals surface area contributed by atoms with Crippen LogP contribution in [-0.4, -0.2) is 0 Å². The summed E-state index contributed by atoms with van der Waals surface area (Å²) in [4.78, 5) is 0. The number of hydrogen-bond acceptors (Lipinski definition) is 0. The highest BCUT2D eigenvalue weighted by molar-refractivity contribution is 5.80. The molecular weight excluding hydrogens is 204 g/mol. The van der Waals surface area contributed by atoms with Crippen molar-refractivity contribution in [2.24, 2.45) is 0 Å². The Morgan fingerprint density at radius 1 is 0.941 bits per heavy atom. The van der Waals surface area contributed by atoms with E-state index < -0.39 is 0 Å². The third-order valence-corrected chi connectivity index (χ3v) is 4.19. The van der Waals surface area contributed by atoms with Crippen molar-refractivity contribution in [1.29, 1.82) is 0 Å². The molecule has 0 nitrogen and oxygen atoms in total. The van der Waals surface area contributed by atoms with Crippen molar-refractivity contribution in [3.8, 4) is 11.1 Å².